The minimum absolute atomic E-state index is 0.0866. The molecule has 1 aliphatic heterocycles. The fourth-order valence-corrected chi connectivity index (χ4v) is 3.50. The molecule has 0 unspecified atom stereocenters. The van der Waals surface area contributed by atoms with Crippen molar-refractivity contribution < 1.29 is 33.3 Å². The topological polar surface area (TPSA) is 100 Å². The van der Waals surface area contributed by atoms with Gasteiger partial charge in [-0.3, -0.25) is 4.79 Å². The number of rotatable bonds is 7. The molecule has 0 fully saturated rings. The van der Waals surface area contributed by atoms with Gasteiger partial charge in [-0.05, 0) is 25.8 Å². The molecule has 0 aromatic carbocycles. The summed E-state index contributed by atoms with van der Waals surface area (Å²) in [6.45, 7) is 5.82. The molecular weight excluding hydrogens is 362 g/mol. The zero-order valence-electron chi connectivity index (χ0n) is 14.9. The third-order valence-electron chi connectivity index (χ3n) is 3.48. The Kier molecular flexibility index (Phi) is 7.02. The maximum absolute atomic E-state index is 12.2. The van der Waals surface area contributed by atoms with Crippen molar-refractivity contribution in [2.24, 2.45) is 0 Å². The standard InChI is InChI=1S/C17H21NO7S/c1-4-11-10(3)26-15(14(11)17(21)23-5-2)18-13(19)9-25-16(20)12-8-22-6-7-24-12/h8H,4-7,9H2,1-3H3,(H,18,19). The van der Waals surface area contributed by atoms with Crippen molar-refractivity contribution in [3.05, 3.63) is 28.0 Å². The normalized spacial score (nSPS) is 13.1. The summed E-state index contributed by atoms with van der Waals surface area (Å²) in [5.74, 6) is -1.93. The van der Waals surface area contributed by atoms with Crippen molar-refractivity contribution in [3.8, 4) is 0 Å². The Balaban J connectivity index is 2.03. The van der Waals surface area contributed by atoms with Gasteiger partial charge < -0.3 is 24.3 Å². The fraction of sp³-hybridized carbons (Fsp3) is 0.471. The maximum atomic E-state index is 12.2. The lowest BCUT2D eigenvalue weighted by Gasteiger charge is -2.14. The minimum Gasteiger partial charge on any atom is -0.493 e. The first-order valence-electron chi connectivity index (χ1n) is 8.18. The molecule has 8 nitrogen and oxygen atoms in total. The van der Waals surface area contributed by atoms with Gasteiger partial charge in [0.1, 0.15) is 24.5 Å². The first kappa shape index (κ1) is 19.8. The maximum Gasteiger partial charge on any atom is 0.377 e. The smallest absolute Gasteiger partial charge is 0.377 e. The zero-order valence-corrected chi connectivity index (χ0v) is 15.7. The van der Waals surface area contributed by atoms with Crippen LogP contribution in [0.15, 0.2) is 12.0 Å². The molecule has 0 saturated heterocycles. The van der Waals surface area contributed by atoms with E-state index in [0.717, 1.165) is 16.7 Å². The van der Waals surface area contributed by atoms with Crippen molar-refractivity contribution in [2.45, 2.75) is 27.2 Å². The van der Waals surface area contributed by atoms with Crippen LogP contribution < -0.4 is 5.32 Å². The number of hydrogen-bond donors (Lipinski definition) is 1. The summed E-state index contributed by atoms with van der Waals surface area (Å²) < 4.78 is 20.0. The summed E-state index contributed by atoms with van der Waals surface area (Å²) in [6, 6.07) is 0. The molecular formula is C17H21NO7S. The lowest BCUT2D eigenvalue weighted by molar-refractivity contribution is -0.148. The average molecular weight is 383 g/mol. The Bertz CT molecular complexity index is 723. The van der Waals surface area contributed by atoms with Gasteiger partial charge in [-0.15, -0.1) is 11.3 Å². The number of aryl methyl sites for hydroxylation is 1. The molecule has 1 aliphatic rings. The Morgan fingerprint density at radius 2 is 1.96 bits per heavy atom. The average Bonchev–Trinajstić information content (AvgIpc) is 2.95. The van der Waals surface area contributed by atoms with Crippen molar-refractivity contribution >= 4 is 34.2 Å². The van der Waals surface area contributed by atoms with Gasteiger partial charge in [0.05, 0.1) is 12.2 Å². The molecule has 26 heavy (non-hydrogen) atoms. The Morgan fingerprint density at radius 3 is 2.58 bits per heavy atom. The van der Waals surface area contributed by atoms with E-state index in [1.54, 1.807) is 6.92 Å². The number of carbonyl (C=O) groups excluding carboxylic acids is 3. The van der Waals surface area contributed by atoms with Gasteiger partial charge in [0.2, 0.25) is 5.76 Å². The van der Waals surface area contributed by atoms with Crippen molar-refractivity contribution in [1.29, 1.82) is 0 Å². The van der Waals surface area contributed by atoms with E-state index in [2.05, 4.69) is 5.32 Å². The molecule has 142 valence electrons. The van der Waals surface area contributed by atoms with Gasteiger partial charge in [-0.1, -0.05) is 6.92 Å². The largest absolute Gasteiger partial charge is 0.493 e. The van der Waals surface area contributed by atoms with E-state index in [0.29, 0.717) is 23.6 Å². The van der Waals surface area contributed by atoms with Crippen LogP contribution in [0.5, 0.6) is 0 Å². The van der Waals surface area contributed by atoms with Gasteiger partial charge in [0, 0.05) is 4.88 Å². The van der Waals surface area contributed by atoms with Crippen LogP contribution >= 0.6 is 11.3 Å². The van der Waals surface area contributed by atoms with Crippen LogP contribution in [0.3, 0.4) is 0 Å². The fourth-order valence-electron chi connectivity index (χ4n) is 2.35. The van der Waals surface area contributed by atoms with Crippen molar-refractivity contribution in [2.75, 3.05) is 31.7 Å². The quantitative estimate of drug-likeness (QED) is 0.720. The molecule has 0 bridgehead atoms. The van der Waals surface area contributed by atoms with Crippen molar-refractivity contribution in [3.63, 3.8) is 0 Å². The number of ether oxygens (including phenoxy) is 4. The van der Waals surface area contributed by atoms with Gasteiger partial charge in [0.25, 0.3) is 5.91 Å². The zero-order chi connectivity index (χ0) is 19.1. The molecule has 9 heteroatoms. The molecule has 2 heterocycles. The molecule has 0 atom stereocenters. The molecule has 0 spiro atoms. The number of carbonyl (C=O) groups is 3. The SMILES string of the molecule is CCOC(=O)c1c(NC(=O)COC(=O)C2=COCCO2)sc(C)c1CC. The summed E-state index contributed by atoms with van der Waals surface area (Å²) in [6.07, 6.45) is 1.78. The highest BCUT2D eigenvalue weighted by Gasteiger charge is 2.24. The molecule has 1 aromatic rings. The van der Waals surface area contributed by atoms with Crippen LogP contribution in [0.1, 0.15) is 34.6 Å². The summed E-state index contributed by atoms with van der Waals surface area (Å²) in [5.41, 5.74) is 1.18. The monoisotopic (exact) mass is 383 g/mol. The van der Waals surface area contributed by atoms with Crippen LogP contribution in [-0.4, -0.2) is 44.3 Å². The van der Waals surface area contributed by atoms with Crippen LogP contribution in [0.25, 0.3) is 0 Å². The molecule has 0 saturated carbocycles. The highest BCUT2D eigenvalue weighted by atomic mass is 32.1. The molecule has 0 aliphatic carbocycles. The van der Waals surface area contributed by atoms with E-state index in [1.807, 2.05) is 13.8 Å². The number of anilines is 1. The second kappa shape index (κ2) is 9.23. The van der Waals surface area contributed by atoms with Gasteiger partial charge in [-0.25, -0.2) is 9.59 Å². The van der Waals surface area contributed by atoms with Crippen LogP contribution in [0.2, 0.25) is 0 Å². The molecule has 1 N–H and O–H groups in total. The van der Waals surface area contributed by atoms with E-state index in [1.165, 1.54) is 11.3 Å². The second-order valence-electron chi connectivity index (χ2n) is 5.24. The van der Waals surface area contributed by atoms with E-state index < -0.39 is 24.5 Å². The van der Waals surface area contributed by atoms with Crippen LogP contribution in [0.4, 0.5) is 5.00 Å². The Morgan fingerprint density at radius 1 is 1.19 bits per heavy atom. The highest BCUT2D eigenvalue weighted by molar-refractivity contribution is 7.16. The summed E-state index contributed by atoms with van der Waals surface area (Å²) in [4.78, 5) is 37.0. The number of amides is 1. The van der Waals surface area contributed by atoms with Crippen molar-refractivity contribution in [1.82, 2.24) is 0 Å². The van der Waals surface area contributed by atoms with Gasteiger partial charge in [-0.2, -0.15) is 0 Å². The first-order valence-corrected chi connectivity index (χ1v) is 9.00. The molecule has 2 rings (SSSR count). The predicted molar refractivity (Wildman–Crippen MR) is 94.0 cm³/mol. The third-order valence-corrected chi connectivity index (χ3v) is 4.54. The number of nitrogens with one attached hydrogen (secondary N) is 1. The Labute approximate surface area is 155 Å². The van der Waals surface area contributed by atoms with Gasteiger partial charge in [0.15, 0.2) is 6.61 Å². The second-order valence-corrected chi connectivity index (χ2v) is 6.47. The summed E-state index contributed by atoms with van der Waals surface area (Å²) in [7, 11) is 0. The number of thiophene rings is 1. The lowest BCUT2D eigenvalue weighted by Crippen LogP contribution is -2.24. The van der Waals surface area contributed by atoms with Gasteiger partial charge >= 0.3 is 11.9 Å². The third kappa shape index (κ3) is 4.75. The van der Waals surface area contributed by atoms with Crippen LogP contribution in [0, 0.1) is 6.92 Å². The summed E-state index contributed by atoms with van der Waals surface area (Å²) in [5, 5.41) is 3.00. The first-order chi connectivity index (χ1) is 12.5. The molecule has 1 amide bonds. The Hall–Kier alpha value is -2.55. The van der Waals surface area contributed by atoms with Crippen LogP contribution in [-0.2, 0) is 35.0 Å². The molecule has 0 radical (unpaired) electrons. The van der Waals surface area contributed by atoms with E-state index in [-0.39, 0.29) is 19.0 Å². The number of esters is 2. The molecule has 1 aromatic heterocycles. The lowest BCUT2D eigenvalue weighted by atomic mass is 10.1. The van der Waals surface area contributed by atoms with E-state index in [4.69, 9.17) is 18.9 Å². The predicted octanol–water partition coefficient (Wildman–Crippen LogP) is 2.17. The van der Waals surface area contributed by atoms with E-state index >= 15 is 0 Å². The highest BCUT2D eigenvalue weighted by Crippen LogP contribution is 2.34. The number of hydrogen-bond acceptors (Lipinski definition) is 8. The van der Waals surface area contributed by atoms with E-state index in [9.17, 15) is 14.4 Å². The minimum atomic E-state index is -0.790. The summed E-state index contributed by atoms with van der Waals surface area (Å²) >= 11 is 1.28.